The number of nitrogens with zero attached hydrogens (tertiary/aromatic N) is 4. The highest BCUT2D eigenvalue weighted by atomic mass is 16.4. The Morgan fingerprint density at radius 1 is 1.26 bits per heavy atom. The Labute approximate surface area is 110 Å². The molecule has 0 radical (unpaired) electrons. The lowest BCUT2D eigenvalue weighted by atomic mass is 10.00. The summed E-state index contributed by atoms with van der Waals surface area (Å²) in [5, 5.41) is 21.3. The summed E-state index contributed by atoms with van der Waals surface area (Å²) in [6.45, 7) is 0. The molecule has 0 saturated carbocycles. The Hall–Kier alpha value is -1.89. The third kappa shape index (κ3) is 2.10. The number of oxime groups is 1. The fourth-order valence-corrected chi connectivity index (χ4v) is 3.16. The number of aromatic nitrogens is 2. The van der Waals surface area contributed by atoms with Crippen molar-refractivity contribution in [1.82, 2.24) is 9.97 Å². The molecule has 2 bridgehead atoms. The van der Waals surface area contributed by atoms with Crippen LogP contribution in [0.5, 0.6) is 0 Å². The third-order valence-electron chi connectivity index (χ3n) is 3.98. The van der Waals surface area contributed by atoms with Gasteiger partial charge in [-0.15, -0.1) is 0 Å². The topological polar surface area (TPSA) is 108 Å². The molecule has 2 unspecified atom stereocenters. The molecule has 0 aromatic carbocycles. The van der Waals surface area contributed by atoms with Gasteiger partial charge in [0.2, 0.25) is 0 Å². The van der Waals surface area contributed by atoms with Crippen molar-refractivity contribution in [2.24, 2.45) is 10.9 Å². The van der Waals surface area contributed by atoms with Gasteiger partial charge < -0.3 is 20.9 Å². The highest BCUT2D eigenvalue weighted by Gasteiger charge is 2.40. The molecule has 2 atom stereocenters. The number of anilines is 1. The summed E-state index contributed by atoms with van der Waals surface area (Å²) in [5.74, 6) is 0.755. The molecule has 2 saturated heterocycles. The van der Waals surface area contributed by atoms with Gasteiger partial charge in [0.05, 0.1) is 18.5 Å². The van der Waals surface area contributed by atoms with Crippen LogP contribution in [0.4, 0.5) is 5.82 Å². The molecule has 19 heavy (non-hydrogen) atoms. The molecule has 3 rings (SSSR count). The van der Waals surface area contributed by atoms with E-state index in [9.17, 15) is 5.11 Å². The SMILES string of the molecule is NC(=NO)c1cnc(N2C3CCC2CC(O)C3)cn1. The molecule has 1 aromatic rings. The standard InChI is InChI=1S/C12H17N5O2/c13-12(16-19)10-5-15-11(6-14-10)17-7-1-2-8(17)4-9(18)3-7/h5-9,18-19H,1-4H2,(H2,13,16). The van der Waals surface area contributed by atoms with Crippen LogP contribution in [0.2, 0.25) is 0 Å². The van der Waals surface area contributed by atoms with Crippen LogP contribution in [0.15, 0.2) is 17.5 Å². The van der Waals surface area contributed by atoms with Gasteiger partial charge in [-0.2, -0.15) is 0 Å². The maximum absolute atomic E-state index is 9.78. The first kappa shape index (κ1) is 12.2. The molecule has 4 N–H and O–H groups in total. The number of fused-ring (bicyclic) bond motifs is 2. The van der Waals surface area contributed by atoms with Gasteiger partial charge in [-0.1, -0.05) is 5.16 Å². The number of piperidine rings is 1. The Kier molecular flexibility index (Phi) is 2.98. The maximum Gasteiger partial charge on any atom is 0.190 e. The summed E-state index contributed by atoms with van der Waals surface area (Å²) in [7, 11) is 0. The van der Waals surface area contributed by atoms with E-state index < -0.39 is 0 Å². The van der Waals surface area contributed by atoms with Gasteiger partial charge >= 0.3 is 0 Å². The molecule has 0 aliphatic carbocycles. The van der Waals surface area contributed by atoms with E-state index in [0.29, 0.717) is 17.8 Å². The molecule has 2 aliphatic rings. The normalized spacial score (nSPS) is 30.7. The molecule has 3 heterocycles. The fourth-order valence-electron chi connectivity index (χ4n) is 3.16. The van der Waals surface area contributed by atoms with E-state index in [4.69, 9.17) is 10.9 Å². The lowest BCUT2D eigenvalue weighted by Gasteiger charge is -2.37. The van der Waals surface area contributed by atoms with Crippen molar-refractivity contribution in [2.75, 3.05) is 4.90 Å². The van der Waals surface area contributed by atoms with Gasteiger partial charge in [-0.05, 0) is 25.7 Å². The average molecular weight is 263 g/mol. The number of rotatable bonds is 2. The van der Waals surface area contributed by atoms with E-state index in [0.717, 1.165) is 31.5 Å². The van der Waals surface area contributed by atoms with Crippen LogP contribution >= 0.6 is 0 Å². The Morgan fingerprint density at radius 3 is 2.47 bits per heavy atom. The van der Waals surface area contributed by atoms with Crippen LogP contribution in [-0.4, -0.2) is 44.3 Å². The van der Waals surface area contributed by atoms with Gasteiger partial charge in [-0.25, -0.2) is 9.97 Å². The summed E-state index contributed by atoms with van der Waals surface area (Å²) in [4.78, 5) is 10.8. The summed E-state index contributed by atoms with van der Waals surface area (Å²) in [5.41, 5.74) is 5.82. The minimum Gasteiger partial charge on any atom is -0.409 e. The van der Waals surface area contributed by atoms with Gasteiger partial charge in [0, 0.05) is 12.1 Å². The summed E-state index contributed by atoms with van der Waals surface area (Å²) >= 11 is 0. The molecule has 7 nitrogen and oxygen atoms in total. The summed E-state index contributed by atoms with van der Waals surface area (Å²) in [6.07, 6.45) is 6.72. The Balaban J connectivity index is 1.83. The second-order valence-corrected chi connectivity index (χ2v) is 5.16. The first-order valence-electron chi connectivity index (χ1n) is 6.45. The minimum absolute atomic E-state index is 0.0453. The van der Waals surface area contributed by atoms with Crippen molar-refractivity contribution in [3.05, 3.63) is 18.1 Å². The smallest absolute Gasteiger partial charge is 0.190 e. The van der Waals surface area contributed by atoms with Crippen molar-refractivity contribution in [2.45, 2.75) is 43.9 Å². The lowest BCUT2D eigenvalue weighted by molar-refractivity contribution is 0.126. The van der Waals surface area contributed by atoms with E-state index >= 15 is 0 Å². The van der Waals surface area contributed by atoms with Crippen molar-refractivity contribution in [3.8, 4) is 0 Å². The van der Waals surface area contributed by atoms with Crippen molar-refractivity contribution in [3.63, 3.8) is 0 Å². The number of amidine groups is 1. The zero-order chi connectivity index (χ0) is 13.4. The van der Waals surface area contributed by atoms with Gasteiger partial charge in [0.15, 0.2) is 5.84 Å². The van der Waals surface area contributed by atoms with Gasteiger partial charge in [-0.3, -0.25) is 0 Å². The van der Waals surface area contributed by atoms with Gasteiger partial charge in [0.25, 0.3) is 0 Å². The van der Waals surface area contributed by atoms with Crippen LogP contribution < -0.4 is 10.6 Å². The summed E-state index contributed by atoms with van der Waals surface area (Å²) < 4.78 is 0. The molecular weight excluding hydrogens is 246 g/mol. The first-order chi connectivity index (χ1) is 9.19. The number of aliphatic hydroxyl groups excluding tert-OH is 1. The van der Waals surface area contributed by atoms with Crippen LogP contribution in [0.3, 0.4) is 0 Å². The van der Waals surface area contributed by atoms with E-state index in [-0.39, 0.29) is 11.9 Å². The van der Waals surface area contributed by atoms with Gasteiger partial charge in [0.1, 0.15) is 11.5 Å². The summed E-state index contributed by atoms with van der Waals surface area (Å²) in [6, 6.07) is 0.690. The molecule has 2 aliphatic heterocycles. The number of aliphatic hydroxyl groups is 1. The molecule has 0 spiro atoms. The first-order valence-corrected chi connectivity index (χ1v) is 6.45. The lowest BCUT2D eigenvalue weighted by Crippen LogP contribution is -2.45. The molecule has 102 valence electrons. The minimum atomic E-state index is -0.196. The average Bonchev–Trinajstić information content (AvgIpc) is 2.70. The highest BCUT2D eigenvalue weighted by molar-refractivity contribution is 5.94. The quantitative estimate of drug-likeness (QED) is 0.301. The largest absolute Gasteiger partial charge is 0.409 e. The van der Waals surface area contributed by atoms with Crippen molar-refractivity contribution < 1.29 is 10.3 Å². The predicted octanol–water partition coefficient (Wildman–Crippen LogP) is 0.0632. The van der Waals surface area contributed by atoms with Crippen LogP contribution in [-0.2, 0) is 0 Å². The van der Waals surface area contributed by atoms with E-state index in [2.05, 4.69) is 20.0 Å². The highest BCUT2D eigenvalue weighted by Crippen LogP contribution is 2.38. The van der Waals surface area contributed by atoms with E-state index in [1.54, 1.807) is 6.20 Å². The van der Waals surface area contributed by atoms with Crippen molar-refractivity contribution in [1.29, 1.82) is 0 Å². The van der Waals surface area contributed by atoms with Crippen LogP contribution in [0.25, 0.3) is 0 Å². The Morgan fingerprint density at radius 2 is 1.95 bits per heavy atom. The fraction of sp³-hybridized carbons (Fsp3) is 0.583. The zero-order valence-electron chi connectivity index (χ0n) is 10.5. The van der Waals surface area contributed by atoms with E-state index in [1.165, 1.54) is 6.20 Å². The second kappa shape index (κ2) is 4.65. The molecule has 7 heteroatoms. The number of hydrogen-bond donors (Lipinski definition) is 3. The number of hydrogen-bond acceptors (Lipinski definition) is 6. The van der Waals surface area contributed by atoms with Crippen LogP contribution in [0.1, 0.15) is 31.4 Å². The van der Waals surface area contributed by atoms with Crippen molar-refractivity contribution >= 4 is 11.7 Å². The second-order valence-electron chi connectivity index (χ2n) is 5.16. The monoisotopic (exact) mass is 263 g/mol. The molecule has 0 amide bonds. The predicted molar refractivity (Wildman–Crippen MR) is 69.1 cm³/mol. The molecule has 1 aromatic heterocycles. The van der Waals surface area contributed by atoms with E-state index in [1.807, 2.05) is 0 Å². The number of nitrogens with two attached hydrogens (primary N) is 1. The maximum atomic E-state index is 9.78. The molecule has 2 fully saturated rings. The zero-order valence-corrected chi connectivity index (χ0v) is 10.5. The Bertz CT molecular complexity index is 475. The van der Waals surface area contributed by atoms with Crippen LogP contribution in [0, 0.1) is 0 Å². The molecular formula is C12H17N5O2. The third-order valence-corrected chi connectivity index (χ3v) is 3.98.